The Labute approximate surface area is 179 Å². The molecular weight excluding hydrogens is 402 g/mol. The Hall–Kier alpha value is -3.73. The standard InChI is InChI=1S/C20H23N7O4/c1-14-13-31-26(17-12-18(29-2)24-20(23-17)30-3)11-10-25(14)19(28)15-6-4-5-7-16(15)27-21-8-9-22-27/h4-9,12,14H,10-11,13H2,1-3H3/t14-/m1/s1. The molecule has 11 heteroatoms. The maximum absolute atomic E-state index is 13.4. The van der Waals surface area contributed by atoms with Crippen molar-refractivity contribution in [3.8, 4) is 17.6 Å². The minimum atomic E-state index is -0.165. The van der Waals surface area contributed by atoms with Crippen molar-refractivity contribution in [2.45, 2.75) is 13.0 Å². The minimum Gasteiger partial charge on any atom is -0.481 e. The lowest BCUT2D eigenvalue weighted by atomic mass is 10.1. The number of aromatic nitrogens is 5. The van der Waals surface area contributed by atoms with Gasteiger partial charge in [0.05, 0.1) is 57.1 Å². The Morgan fingerprint density at radius 2 is 1.87 bits per heavy atom. The molecule has 1 saturated heterocycles. The van der Waals surface area contributed by atoms with Gasteiger partial charge in [-0.15, -0.1) is 0 Å². The van der Waals surface area contributed by atoms with E-state index in [9.17, 15) is 4.79 Å². The molecule has 1 aromatic carbocycles. The first-order chi connectivity index (χ1) is 15.1. The summed E-state index contributed by atoms with van der Waals surface area (Å²) in [4.78, 5) is 31.0. The summed E-state index contributed by atoms with van der Waals surface area (Å²) in [5, 5.41) is 9.94. The molecule has 0 bridgehead atoms. The van der Waals surface area contributed by atoms with Crippen molar-refractivity contribution in [3.63, 3.8) is 0 Å². The zero-order chi connectivity index (χ0) is 21.8. The third kappa shape index (κ3) is 4.26. The molecule has 1 fully saturated rings. The predicted molar refractivity (Wildman–Crippen MR) is 110 cm³/mol. The minimum absolute atomic E-state index is 0.122. The molecule has 0 radical (unpaired) electrons. The van der Waals surface area contributed by atoms with Crippen molar-refractivity contribution in [3.05, 3.63) is 48.3 Å². The largest absolute Gasteiger partial charge is 0.481 e. The summed E-state index contributed by atoms with van der Waals surface area (Å²) in [6, 6.07) is 8.93. The highest BCUT2D eigenvalue weighted by atomic mass is 16.7. The Balaban J connectivity index is 1.57. The lowest BCUT2D eigenvalue weighted by Gasteiger charge is -2.26. The number of methoxy groups -OCH3 is 2. The van der Waals surface area contributed by atoms with Crippen LogP contribution in [-0.4, -0.2) is 75.7 Å². The van der Waals surface area contributed by atoms with Crippen LogP contribution in [0.15, 0.2) is 42.7 Å². The average molecular weight is 425 g/mol. The number of rotatable bonds is 5. The van der Waals surface area contributed by atoms with E-state index in [1.165, 1.54) is 19.0 Å². The van der Waals surface area contributed by atoms with Gasteiger partial charge in [0.15, 0.2) is 5.82 Å². The third-order valence-electron chi connectivity index (χ3n) is 4.89. The normalized spacial score (nSPS) is 16.7. The van der Waals surface area contributed by atoms with Gasteiger partial charge in [-0.1, -0.05) is 12.1 Å². The molecule has 1 aliphatic heterocycles. The topological polar surface area (TPSA) is 108 Å². The van der Waals surface area contributed by atoms with Crippen LogP contribution in [0.1, 0.15) is 17.3 Å². The molecule has 0 spiro atoms. The van der Waals surface area contributed by atoms with Crippen LogP contribution in [-0.2, 0) is 4.84 Å². The van der Waals surface area contributed by atoms with E-state index in [4.69, 9.17) is 14.3 Å². The van der Waals surface area contributed by atoms with Crippen LogP contribution in [0.25, 0.3) is 5.69 Å². The fourth-order valence-electron chi connectivity index (χ4n) is 3.29. The molecule has 2 aromatic heterocycles. The second-order valence-corrected chi connectivity index (χ2v) is 6.84. The number of amides is 1. The fourth-order valence-corrected chi connectivity index (χ4v) is 3.29. The van der Waals surface area contributed by atoms with Crippen LogP contribution in [0, 0.1) is 0 Å². The predicted octanol–water partition coefficient (Wildman–Crippen LogP) is 1.36. The van der Waals surface area contributed by atoms with Gasteiger partial charge >= 0.3 is 6.01 Å². The molecule has 1 amide bonds. The molecule has 3 heterocycles. The van der Waals surface area contributed by atoms with Crippen LogP contribution in [0.3, 0.4) is 0 Å². The summed E-state index contributed by atoms with van der Waals surface area (Å²) in [6.45, 7) is 3.07. The first-order valence-electron chi connectivity index (χ1n) is 9.75. The van der Waals surface area contributed by atoms with E-state index >= 15 is 0 Å². The lowest BCUT2D eigenvalue weighted by Crippen LogP contribution is -2.41. The van der Waals surface area contributed by atoms with Crippen LogP contribution >= 0.6 is 0 Å². The molecule has 31 heavy (non-hydrogen) atoms. The summed E-state index contributed by atoms with van der Waals surface area (Å²) in [5.41, 5.74) is 1.14. The highest BCUT2D eigenvalue weighted by molar-refractivity contribution is 5.98. The summed E-state index contributed by atoms with van der Waals surface area (Å²) < 4.78 is 10.4. The molecule has 0 N–H and O–H groups in total. The summed E-state index contributed by atoms with van der Waals surface area (Å²) in [7, 11) is 3.00. The summed E-state index contributed by atoms with van der Waals surface area (Å²) in [6.07, 6.45) is 3.15. The summed E-state index contributed by atoms with van der Waals surface area (Å²) in [5.74, 6) is 0.728. The van der Waals surface area contributed by atoms with E-state index in [0.29, 0.717) is 42.6 Å². The second kappa shape index (κ2) is 8.96. The molecule has 0 saturated carbocycles. The van der Waals surface area contributed by atoms with Crippen molar-refractivity contribution < 1.29 is 19.1 Å². The van der Waals surface area contributed by atoms with E-state index in [0.717, 1.165) is 0 Å². The maximum Gasteiger partial charge on any atom is 0.321 e. The zero-order valence-corrected chi connectivity index (χ0v) is 17.5. The molecule has 1 aliphatic rings. The van der Waals surface area contributed by atoms with Gasteiger partial charge in [-0.25, -0.2) is 5.06 Å². The van der Waals surface area contributed by atoms with Gasteiger partial charge in [0.1, 0.15) is 0 Å². The van der Waals surface area contributed by atoms with Crippen molar-refractivity contribution in [1.29, 1.82) is 0 Å². The van der Waals surface area contributed by atoms with Gasteiger partial charge < -0.3 is 14.4 Å². The third-order valence-corrected chi connectivity index (χ3v) is 4.89. The number of nitrogens with zero attached hydrogens (tertiary/aromatic N) is 7. The maximum atomic E-state index is 13.4. The smallest absolute Gasteiger partial charge is 0.321 e. The van der Waals surface area contributed by atoms with Crippen LogP contribution in [0.5, 0.6) is 11.9 Å². The van der Waals surface area contributed by atoms with E-state index < -0.39 is 0 Å². The molecule has 0 aliphatic carbocycles. The highest BCUT2D eigenvalue weighted by Crippen LogP contribution is 2.24. The van der Waals surface area contributed by atoms with Crippen LogP contribution < -0.4 is 14.5 Å². The Morgan fingerprint density at radius 1 is 1.10 bits per heavy atom. The van der Waals surface area contributed by atoms with Crippen molar-refractivity contribution in [1.82, 2.24) is 29.9 Å². The first kappa shape index (κ1) is 20.5. The van der Waals surface area contributed by atoms with Gasteiger partial charge in [0.2, 0.25) is 5.88 Å². The number of hydrogen-bond donors (Lipinski definition) is 0. The van der Waals surface area contributed by atoms with Gasteiger partial charge in [-0.3, -0.25) is 9.63 Å². The van der Waals surface area contributed by atoms with Gasteiger partial charge in [-0.2, -0.15) is 25.0 Å². The monoisotopic (exact) mass is 425 g/mol. The van der Waals surface area contributed by atoms with E-state index in [1.807, 2.05) is 25.1 Å². The Bertz CT molecular complexity index is 1020. The number of hydrogen-bond acceptors (Lipinski definition) is 9. The number of benzene rings is 1. The van der Waals surface area contributed by atoms with E-state index in [1.54, 1.807) is 34.5 Å². The molecule has 3 aromatic rings. The van der Waals surface area contributed by atoms with Gasteiger partial charge in [0, 0.05) is 12.6 Å². The number of hydroxylamine groups is 1. The number of para-hydroxylation sites is 1. The zero-order valence-electron chi connectivity index (χ0n) is 17.5. The van der Waals surface area contributed by atoms with Crippen LogP contribution in [0.2, 0.25) is 0 Å². The number of ether oxygens (including phenoxy) is 2. The first-order valence-corrected chi connectivity index (χ1v) is 9.75. The number of anilines is 1. The number of carbonyl (C=O) groups excluding carboxylic acids is 1. The molecule has 0 unspecified atom stereocenters. The molecule has 1 atom stereocenters. The quantitative estimate of drug-likeness (QED) is 0.599. The lowest BCUT2D eigenvalue weighted by molar-refractivity contribution is 0.0599. The van der Waals surface area contributed by atoms with Crippen molar-refractivity contribution in [2.24, 2.45) is 0 Å². The number of carbonyl (C=O) groups is 1. The van der Waals surface area contributed by atoms with Crippen LogP contribution in [0.4, 0.5) is 5.82 Å². The molecule has 4 rings (SSSR count). The summed E-state index contributed by atoms with van der Waals surface area (Å²) >= 11 is 0. The Morgan fingerprint density at radius 3 is 2.61 bits per heavy atom. The average Bonchev–Trinajstić information content (AvgIpc) is 3.28. The molecular formula is C20H23N7O4. The second-order valence-electron chi connectivity index (χ2n) is 6.84. The molecule has 162 valence electrons. The van der Waals surface area contributed by atoms with Gasteiger partial charge in [0.25, 0.3) is 5.91 Å². The van der Waals surface area contributed by atoms with Crippen molar-refractivity contribution >= 4 is 11.7 Å². The fraction of sp³-hybridized carbons (Fsp3) is 0.350. The van der Waals surface area contributed by atoms with E-state index in [-0.39, 0.29) is 18.0 Å². The molecule has 11 nitrogen and oxygen atoms in total. The van der Waals surface area contributed by atoms with Crippen molar-refractivity contribution in [2.75, 3.05) is 39.0 Å². The Kier molecular flexibility index (Phi) is 5.94. The highest BCUT2D eigenvalue weighted by Gasteiger charge is 2.29. The van der Waals surface area contributed by atoms with E-state index in [2.05, 4.69) is 20.2 Å². The van der Waals surface area contributed by atoms with Gasteiger partial charge in [-0.05, 0) is 19.1 Å². The SMILES string of the molecule is COc1cc(N2CCN(C(=O)c3ccccc3-n3nccn3)[C@H](C)CO2)nc(OC)n1.